The van der Waals surface area contributed by atoms with Crippen LogP contribution >= 0.6 is 0 Å². The fourth-order valence-electron chi connectivity index (χ4n) is 1.44. The van der Waals surface area contributed by atoms with Crippen LogP contribution in [0.3, 0.4) is 0 Å². The van der Waals surface area contributed by atoms with Crippen LogP contribution in [-0.2, 0) is 0 Å². The van der Waals surface area contributed by atoms with E-state index >= 15 is 0 Å². The van der Waals surface area contributed by atoms with Crippen molar-refractivity contribution in [3.8, 4) is 0 Å². The van der Waals surface area contributed by atoms with Gasteiger partial charge < -0.3 is 5.73 Å². The highest BCUT2D eigenvalue weighted by atomic mass is 15.2. The SMILES string of the molecule is N[NH2+]C1CCCC(N)C1. The highest BCUT2D eigenvalue weighted by Gasteiger charge is 2.19. The monoisotopic (exact) mass is 130 g/mol. The van der Waals surface area contributed by atoms with E-state index in [9.17, 15) is 0 Å². The van der Waals surface area contributed by atoms with Gasteiger partial charge in [0.2, 0.25) is 0 Å². The lowest BCUT2D eigenvalue weighted by molar-refractivity contribution is -0.704. The molecule has 0 radical (unpaired) electrons. The Labute approximate surface area is 55.8 Å². The molecule has 0 spiro atoms. The Kier molecular flexibility index (Phi) is 2.45. The molecule has 0 amide bonds. The van der Waals surface area contributed by atoms with Crippen molar-refractivity contribution in [1.29, 1.82) is 0 Å². The minimum atomic E-state index is 0.406. The van der Waals surface area contributed by atoms with Gasteiger partial charge in [-0.1, -0.05) is 0 Å². The van der Waals surface area contributed by atoms with E-state index in [1.807, 2.05) is 0 Å². The summed E-state index contributed by atoms with van der Waals surface area (Å²) < 4.78 is 0. The van der Waals surface area contributed by atoms with Crippen LogP contribution in [0.15, 0.2) is 0 Å². The molecule has 0 aromatic rings. The summed E-state index contributed by atoms with van der Waals surface area (Å²) in [5.41, 5.74) is 7.52. The molecule has 0 aliphatic heterocycles. The van der Waals surface area contributed by atoms with Gasteiger partial charge in [0.1, 0.15) is 6.04 Å². The molecular weight excluding hydrogens is 114 g/mol. The summed E-state index contributed by atoms with van der Waals surface area (Å²) in [7, 11) is 0. The van der Waals surface area contributed by atoms with Crippen molar-refractivity contribution in [2.24, 2.45) is 11.6 Å². The lowest BCUT2D eigenvalue weighted by Gasteiger charge is -2.22. The average Bonchev–Trinajstić information content (AvgIpc) is 1.88. The Hall–Kier alpha value is -0.120. The second-order valence-electron chi connectivity index (χ2n) is 2.88. The van der Waals surface area contributed by atoms with Gasteiger partial charge in [-0.2, -0.15) is 5.84 Å². The molecule has 54 valence electrons. The fourth-order valence-corrected chi connectivity index (χ4v) is 1.44. The summed E-state index contributed by atoms with van der Waals surface area (Å²) in [6.45, 7) is 0. The number of hydrogen-bond acceptors (Lipinski definition) is 2. The van der Waals surface area contributed by atoms with Crippen molar-refractivity contribution in [3.63, 3.8) is 0 Å². The molecule has 2 atom stereocenters. The maximum absolute atomic E-state index is 5.73. The molecule has 1 aliphatic carbocycles. The van der Waals surface area contributed by atoms with E-state index in [-0.39, 0.29) is 0 Å². The van der Waals surface area contributed by atoms with E-state index < -0.39 is 0 Å². The highest BCUT2D eigenvalue weighted by Crippen LogP contribution is 2.13. The molecule has 3 heteroatoms. The van der Waals surface area contributed by atoms with Gasteiger partial charge in [0, 0.05) is 18.9 Å². The zero-order valence-corrected chi connectivity index (χ0v) is 5.72. The first-order chi connectivity index (χ1) is 4.33. The summed E-state index contributed by atoms with van der Waals surface area (Å²) in [5.74, 6) is 5.38. The second kappa shape index (κ2) is 3.15. The summed E-state index contributed by atoms with van der Waals surface area (Å²) in [6.07, 6.45) is 4.77. The van der Waals surface area contributed by atoms with Gasteiger partial charge in [-0.05, 0) is 12.8 Å². The maximum Gasteiger partial charge on any atom is 0.105 e. The zero-order valence-electron chi connectivity index (χ0n) is 5.72. The molecular formula is C6H16N3+. The maximum atomic E-state index is 5.73. The van der Waals surface area contributed by atoms with Gasteiger partial charge >= 0.3 is 0 Å². The number of nitrogens with two attached hydrogens (primary N) is 3. The Bertz CT molecular complexity index is 84.4. The van der Waals surface area contributed by atoms with Crippen LogP contribution in [0.1, 0.15) is 25.7 Å². The van der Waals surface area contributed by atoms with Crippen molar-refractivity contribution in [1.82, 2.24) is 0 Å². The van der Waals surface area contributed by atoms with E-state index in [1.54, 1.807) is 5.43 Å². The molecule has 0 saturated heterocycles. The van der Waals surface area contributed by atoms with Crippen molar-refractivity contribution in [3.05, 3.63) is 0 Å². The van der Waals surface area contributed by atoms with Gasteiger partial charge in [-0.3, -0.25) is 5.43 Å². The molecule has 1 fully saturated rings. The van der Waals surface area contributed by atoms with E-state index in [1.165, 1.54) is 19.3 Å². The molecule has 1 aliphatic rings. The van der Waals surface area contributed by atoms with E-state index in [4.69, 9.17) is 11.6 Å². The van der Waals surface area contributed by atoms with E-state index in [0.717, 1.165) is 6.42 Å². The van der Waals surface area contributed by atoms with Gasteiger partial charge in [-0.25, -0.2) is 0 Å². The third-order valence-corrected chi connectivity index (χ3v) is 2.03. The molecule has 6 N–H and O–H groups in total. The summed E-state index contributed by atoms with van der Waals surface area (Å²) in [4.78, 5) is 0. The van der Waals surface area contributed by atoms with Crippen LogP contribution in [0, 0.1) is 0 Å². The Morgan fingerprint density at radius 2 is 2.11 bits per heavy atom. The number of hydrogen-bond donors (Lipinski definition) is 3. The first kappa shape index (κ1) is 6.99. The second-order valence-corrected chi connectivity index (χ2v) is 2.88. The third kappa shape index (κ3) is 1.93. The van der Waals surface area contributed by atoms with Crippen LogP contribution in [0.2, 0.25) is 0 Å². The minimum absolute atomic E-state index is 0.406. The molecule has 1 saturated carbocycles. The Balaban J connectivity index is 2.23. The Morgan fingerprint density at radius 3 is 2.56 bits per heavy atom. The van der Waals surface area contributed by atoms with Crippen molar-refractivity contribution < 1.29 is 5.43 Å². The lowest BCUT2D eigenvalue weighted by Crippen LogP contribution is -2.97. The molecule has 0 bridgehead atoms. The molecule has 9 heavy (non-hydrogen) atoms. The van der Waals surface area contributed by atoms with Crippen LogP contribution in [0.5, 0.6) is 0 Å². The van der Waals surface area contributed by atoms with Gasteiger partial charge in [0.05, 0.1) is 0 Å². The predicted molar refractivity (Wildman–Crippen MR) is 36.3 cm³/mol. The predicted octanol–water partition coefficient (Wildman–Crippen LogP) is -1.31. The first-order valence-corrected chi connectivity index (χ1v) is 3.63. The summed E-state index contributed by atoms with van der Waals surface area (Å²) >= 11 is 0. The van der Waals surface area contributed by atoms with E-state index in [2.05, 4.69) is 0 Å². The Morgan fingerprint density at radius 1 is 1.33 bits per heavy atom. The highest BCUT2D eigenvalue weighted by molar-refractivity contribution is 4.72. The normalized spacial score (nSPS) is 36.7. The van der Waals surface area contributed by atoms with Crippen LogP contribution in [0.25, 0.3) is 0 Å². The standard InChI is InChI=1S/C6H15N3/c7-5-2-1-3-6(4-5)9-8/h5-6,9H,1-4,7-8H2/p+1. The van der Waals surface area contributed by atoms with Crippen molar-refractivity contribution >= 4 is 0 Å². The van der Waals surface area contributed by atoms with Crippen LogP contribution in [-0.4, -0.2) is 12.1 Å². The van der Waals surface area contributed by atoms with Crippen molar-refractivity contribution in [2.75, 3.05) is 0 Å². The average molecular weight is 130 g/mol. The smallest absolute Gasteiger partial charge is 0.105 e. The molecule has 3 nitrogen and oxygen atoms in total. The minimum Gasteiger partial charge on any atom is -0.327 e. The van der Waals surface area contributed by atoms with Crippen LogP contribution in [0.4, 0.5) is 0 Å². The van der Waals surface area contributed by atoms with Gasteiger partial charge in [-0.15, -0.1) is 0 Å². The molecule has 0 aromatic carbocycles. The van der Waals surface area contributed by atoms with Crippen LogP contribution < -0.4 is 17.0 Å². The summed E-state index contributed by atoms with van der Waals surface area (Å²) in [6, 6.07) is 0.997. The van der Waals surface area contributed by atoms with Gasteiger partial charge in [0.25, 0.3) is 0 Å². The number of rotatable bonds is 1. The lowest BCUT2D eigenvalue weighted by atomic mass is 9.92. The summed E-state index contributed by atoms with van der Waals surface area (Å²) in [5, 5.41) is 0. The largest absolute Gasteiger partial charge is 0.327 e. The molecule has 1 rings (SSSR count). The fraction of sp³-hybridized carbons (Fsp3) is 1.00. The molecule has 2 unspecified atom stereocenters. The third-order valence-electron chi connectivity index (χ3n) is 2.03. The topological polar surface area (TPSA) is 68.6 Å². The van der Waals surface area contributed by atoms with E-state index in [0.29, 0.717) is 12.1 Å². The molecule has 0 aromatic heterocycles. The van der Waals surface area contributed by atoms with Gasteiger partial charge in [0.15, 0.2) is 0 Å². The quantitative estimate of drug-likeness (QED) is 0.305. The first-order valence-electron chi connectivity index (χ1n) is 3.63. The van der Waals surface area contributed by atoms with Crippen molar-refractivity contribution in [2.45, 2.75) is 37.8 Å². The molecule has 0 heterocycles. The zero-order chi connectivity index (χ0) is 6.69. The number of quaternary nitrogens is 1.